The van der Waals surface area contributed by atoms with Crippen molar-refractivity contribution in [1.29, 1.82) is 0 Å². The van der Waals surface area contributed by atoms with Gasteiger partial charge in [0.25, 0.3) is 0 Å². The molecule has 2 rings (SSSR count). The molecule has 0 saturated heterocycles. The third-order valence-electron chi connectivity index (χ3n) is 2.65. The SMILES string of the molecule is NC(=O)c1ccc(CNc2ccc(Cl)cc2Cl)cc1. The van der Waals surface area contributed by atoms with Crippen LogP contribution in [0, 0.1) is 0 Å². The molecule has 19 heavy (non-hydrogen) atoms. The number of carbonyl (C=O) groups is 1. The fraction of sp³-hybridized carbons (Fsp3) is 0.0714. The highest BCUT2D eigenvalue weighted by Crippen LogP contribution is 2.25. The van der Waals surface area contributed by atoms with Crippen LogP contribution in [0.2, 0.25) is 10.0 Å². The van der Waals surface area contributed by atoms with E-state index in [4.69, 9.17) is 28.9 Å². The van der Waals surface area contributed by atoms with E-state index < -0.39 is 5.91 Å². The van der Waals surface area contributed by atoms with Crippen LogP contribution in [-0.4, -0.2) is 5.91 Å². The maximum Gasteiger partial charge on any atom is 0.248 e. The molecule has 0 atom stereocenters. The lowest BCUT2D eigenvalue weighted by atomic mass is 10.1. The highest BCUT2D eigenvalue weighted by atomic mass is 35.5. The molecule has 2 aromatic rings. The molecule has 0 spiro atoms. The van der Waals surface area contributed by atoms with E-state index in [0.29, 0.717) is 22.2 Å². The Kier molecular flexibility index (Phi) is 4.30. The van der Waals surface area contributed by atoms with Crippen LogP contribution in [0.4, 0.5) is 5.69 Å². The number of nitrogens with two attached hydrogens (primary N) is 1. The second-order valence-corrected chi connectivity index (χ2v) is 4.88. The second-order valence-electron chi connectivity index (χ2n) is 4.04. The second kappa shape index (κ2) is 5.95. The van der Waals surface area contributed by atoms with Gasteiger partial charge in [-0.2, -0.15) is 0 Å². The number of anilines is 1. The van der Waals surface area contributed by atoms with Crippen molar-refractivity contribution in [2.24, 2.45) is 5.73 Å². The Morgan fingerprint density at radius 1 is 1.11 bits per heavy atom. The van der Waals surface area contributed by atoms with Crippen LogP contribution in [0.5, 0.6) is 0 Å². The van der Waals surface area contributed by atoms with Crippen molar-refractivity contribution >= 4 is 34.8 Å². The van der Waals surface area contributed by atoms with Gasteiger partial charge in [0.05, 0.1) is 10.7 Å². The predicted molar refractivity (Wildman–Crippen MR) is 78.7 cm³/mol. The molecule has 3 nitrogen and oxygen atoms in total. The van der Waals surface area contributed by atoms with Crippen molar-refractivity contribution < 1.29 is 4.79 Å². The molecule has 0 unspecified atom stereocenters. The molecule has 2 aromatic carbocycles. The molecule has 98 valence electrons. The lowest BCUT2D eigenvalue weighted by molar-refractivity contribution is 0.100. The minimum atomic E-state index is -0.430. The third kappa shape index (κ3) is 3.63. The Bertz CT molecular complexity index is 597. The van der Waals surface area contributed by atoms with Gasteiger partial charge in [-0.1, -0.05) is 35.3 Å². The molecule has 0 bridgehead atoms. The number of carbonyl (C=O) groups excluding carboxylic acids is 1. The van der Waals surface area contributed by atoms with Gasteiger partial charge >= 0.3 is 0 Å². The summed E-state index contributed by atoms with van der Waals surface area (Å²) in [4.78, 5) is 10.9. The Morgan fingerprint density at radius 3 is 2.37 bits per heavy atom. The Labute approximate surface area is 121 Å². The van der Waals surface area contributed by atoms with Crippen molar-refractivity contribution in [3.05, 3.63) is 63.6 Å². The van der Waals surface area contributed by atoms with Gasteiger partial charge < -0.3 is 11.1 Å². The third-order valence-corrected chi connectivity index (χ3v) is 3.20. The maximum atomic E-state index is 10.9. The molecule has 5 heteroatoms. The molecule has 0 aliphatic heterocycles. The number of benzene rings is 2. The number of halogens is 2. The zero-order valence-electron chi connectivity index (χ0n) is 9.99. The molecule has 0 fully saturated rings. The molecule has 0 aromatic heterocycles. The van der Waals surface area contributed by atoms with Crippen molar-refractivity contribution in [2.75, 3.05) is 5.32 Å². The lowest BCUT2D eigenvalue weighted by Crippen LogP contribution is -2.10. The Morgan fingerprint density at radius 2 is 1.79 bits per heavy atom. The number of hydrogen-bond acceptors (Lipinski definition) is 2. The number of amides is 1. The summed E-state index contributed by atoms with van der Waals surface area (Å²) in [5, 5.41) is 4.37. The topological polar surface area (TPSA) is 55.1 Å². The van der Waals surface area contributed by atoms with Gasteiger partial charge in [-0.05, 0) is 35.9 Å². The van der Waals surface area contributed by atoms with E-state index in [-0.39, 0.29) is 0 Å². The molecular formula is C14H12Cl2N2O. The quantitative estimate of drug-likeness (QED) is 0.903. The van der Waals surface area contributed by atoms with Gasteiger partial charge in [-0.25, -0.2) is 0 Å². The summed E-state index contributed by atoms with van der Waals surface area (Å²) in [6.07, 6.45) is 0. The first-order chi connectivity index (χ1) is 9.06. The minimum absolute atomic E-state index is 0.430. The van der Waals surface area contributed by atoms with Gasteiger partial charge in [-0.3, -0.25) is 4.79 Å². The predicted octanol–water partition coefficient (Wildman–Crippen LogP) is 3.70. The van der Waals surface area contributed by atoms with E-state index in [1.54, 1.807) is 24.3 Å². The van der Waals surface area contributed by atoms with E-state index in [1.807, 2.05) is 18.2 Å². The lowest BCUT2D eigenvalue weighted by Gasteiger charge is -2.09. The standard InChI is InChI=1S/C14H12Cl2N2O/c15-11-5-6-13(12(16)7-11)18-8-9-1-3-10(4-2-9)14(17)19/h1-7,18H,8H2,(H2,17,19). The van der Waals surface area contributed by atoms with Gasteiger partial charge in [0.15, 0.2) is 0 Å². The smallest absolute Gasteiger partial charge is 0.248 e. The normalized spacial score (nSPS) is 10.2. The molecule has 0 saturated carbocycles. The number of rotatable bonds is 4. The van der Waals surface area contributed by atoms with Crippen molar-refractivity contribution in [2.45, 2.75) is 6.54 Å². The number of nitrogens with one attached hydrogen (secondary N) is 1. The highest BCUT2D eigenvalue weighted by Gasteiger charge is 2.02. The van der Waals surface area contributed by atoms with Crippen molar-refractivity contribution in [1.82, 2.24) is 0 Å². The van der Waals surface area contributed by atoms with Crippen LogP contribution >= 0.6 is 23.2 Å². The minimum Gasteiger partial charge on any atom is -0.380 e. The van der Waals surface area contributed by atoms with Crippen molar-refractivity contribution in [3.63, 3.8) is 0 Å². The van der Waals surface area contributed by atoms with E-state index >= 15 is 0 Å². The number of primary amides is 1. The molecular weight excluding hydrogens is 283 g/mol. The summed E-state index contributed by atoms with van der Waals surface area (Å²) in [5.41, 5.74) is 7.51. The average molecular weight is 295 g/mol. The van der Waals surface area contributed by atoms with Crippen LogP contribution in [0.3, 0.4) is 0 Å². The molecule has 0 aliphatic rings. The summed E-state index contributed by atoms with van der Waals surface area (Å²) in [7, 11) is 0. The summed E-state index contributed by atoms with van der Waals surface area (Å²) in [6.45, 7) is 0.598. The molecule has 1 amide bonds. The van der Waals surface area contributed by atoms with E-state index in [1.165, 1.54) is 0 Å². The maximum absolute atomic E-state index is 10.9. The van der Waals surface area contributed by atoms with Gasteiger partial charge in [-0.15, -0.1) is 0 Å². The molecule has 0 heterocycles. The first-order valence-electron chi connectivity index (χ1n) is 5.64. The Hall–Kier alpha value is -1.71. The van der Waals surface area contributed by atoms with Crippen LogP contribution in [0.1, 0.15) is 15.9 Å². The fourth-order valence-corrected chi connectivity index (χ4v) is 2.09. The molecule has 3 N–H and O–H groups in total. The fourth-order valence-electron chi connectivity index (χ4n) is 1.62. The first-order valence-corrected chi connectivity index (χ1v) is 6.39. The van der Waals surface area contributed by atoms with E-state index in [0.717, 1.165) is 11.3 Å². The highest BCUT2D eigenvalue weighted by molar-refractivity contribution is 6.36. The van der Waals surface area contributed by atoms with Crippen LogP contribution < -0.4 is 11.1 Å². The van der Waals surface area contributed by atoms with Crippen molar-refractivity contribution in [3.8, 4) is 0 Å². The largest absolute Gasteiger partial charge is 0.380 e. The first kappa shape index (κ1) is 13.7. The summed E-state index contributed by atoms with van der Waals surface area (Å²) in [6, 6.07) is 12.4. The average Bonchev–Trinajstić information content (AvgIpc) is 2.38. The summed E-state index contributed by atoms with van der Waals surface area (Å²) < 4.78 is 0. The van der Waals surface area contributed by atoms with Crippen LogP contribution in [-0.2, 0) is 6.54 Å². The number of hydrogen-bond donors (Lipinski definition) is 2. The van der Waals surface area contributed by atoms with E-state index in [9.17, 15) is 4.79 Å². The van der Waals surface area contributed by atoms with Gasteiger partial charge in [0.2, 0.25) is 5.91 Å². The summed E-state index contributed by atoms with van der Waals surface area (Å²) >= 11 is 11.9. The monoisotopic (exact) mass is 294 g/mol. The van der Waals surface area contributed by atoms with Gasteiger partial charge in [0, 0.05) is 17.1 Å². The van der Waals surface area contributed by atoms with Crippen LogP contribution in [0.15, 0.2) is 42.5 Å². The van der Waals surface area contributed by atoms with Crippen LogP contribution in [0.25, 0.3) is 0 Å². The summed E-state index contributed by atoms with van der Waals surface area (Å²) in [5.74, 6) is -0.430. The zero-order valence-corrected chi connectivity index (χ0v) is 11.5. The Balaban J connectivity index is 2.04. The van der Waals surface area contributed by atoms with Gasteiger partial charge in [0.1, 0.15) is 0 Å². The van der Waals surface area contributed by atoms with E-state index in [2.05, 4.69) is 5.32 Å². The zero-order chi connectivity index (χ0) is 13.8. The molecule has 0 radical (unpaired) electrons. The molecule has 0 aliphatic carbocycles.